The van der Waals surface area contributed by atoms with Crippen LogP contribution in [0.4, 0.5) is 13.2 Å². The number of carboxylic acid groups (broad SMARTS) is 1. The van der Waals surface area contributed by atoms with Crippen molar-refractivity contribution in [3.63, 3.8) is 0 Å². The van der Waals surface area contributed by atoms with Crippen molar-refractivity contribution in [2.75, 3.05) is 0 Å². The van der Waals surface area contributed by atoms with E-state index < -0.39 is 36.2 Å². The molecule has 0 radical (unpaired) electrons. The largest absolute Gasteiger partial charge is 0.481 e. The van der Waals surface area contributed by atoms with Crippen LogP contribution in [0.5, 0.6) is 0 Å². The van der Waals surface area contributed by atoms with Gasteiger partial charge in [-0.15, -0.1) is 6.58 Å². The third-order valence-corrected chi connectivity index (χ3v) is 2.05. The fourth-order valence-corrected chi connectivity index (χ4v) is 0.978. The zero-order valence-corrected chi connectivity index (χ0v) is 8.04. The molecule has 0 saturated heterocycles. The van der Waals surface area contributed by atoms with Gasteiger partial charge in [-0.25, -0.2) is 0 Å². The van der Waals surface area contributed by atoms with Crippen LogP contribution >= 0.6 is 0 Å². The van der Waals surface area contributed by atoms with E-state index in [2.05, 4.69) is 6.58 Å². The van der Waals surface area contributed by atoms with Crippen LogP contribution in [-0.4, -0.2) is 23.0 Å². The van der Waals surface area contributed by atoms with Crippen LogP contribution in [-0.2, 0) is 9.59 Å². The van der Waals surface area contributed by atoms with E-state index in [0.717, 1.165) is 0 Å². The van der Waals surface area contributed by atoms with Gasteiger partial charge in [0, 0.05) is 6.42 Å². The molecule has 0 aliphatic carbocycles. The Morgan fingerprint density at radius 2 is 1.93 bits per heavy atom. The minimum atomic E-state index is -4.98. The van der Waals surface area contributed by atoms with Crippen LogP contribution in [0.25, 0.3) is 0 Å². The number of Topliss-reactive ketones (excluding diaryl/α,β-unsaturated/α-hetero) is 1. The van der Waals surface area contributed by atoms with Crippen molar-refractivity contribution in [1.29, 1.82) is 0 Å². The van der Waals surface area contributed by atoms with E-state index in [-0.39, 0.29) is 0 Å². The van der Waals surface area contributed by atoms with E-state index >= 15 is 0 Å². The first-order valence-electron chi connectivity index (χ1n) is 4.15. The lowest BCUT2D eigenvalue weighted by molar-refractivity contribution is -0.173. The first-order chi connectivity index (χ1) is 6.70. The third kappa shape index (κ3) is 4.14. The molecule has 6 heteroatoms. The van der Waals surface area contributed by atoms with Gasteiger partial charge >= 0.3 is 12.1 Å². The summed E-state index contributed by atoms with van der Waals surface area (Å²) in [5.41, 5.74) is 0. The Bertz CT molecular complexity index is 270. The van der Waals surface area contributed by atoms with Crippen molar-refractivity contribution < 1.29 is 27.9 Å². The average molecular weight is 224 g/mol. The quantitative estimate of drug-likeness (QED) is 0.727. The maximum atomic E-state index is 11.9. The highest BCUT2D eigenvalue weighted by Crippen LogP contribution is 2.24. The molecule has 0 heterocycles. The lowest BCUT2D eigenvalue weighted by Gasteiger charge is -2.16. The summed E-state index contributed by atoms with van der Waals surface area (Å²) in [5, 5.41) is 8.62. The zero-order valence-electron chi connectivity index (χ0n) is 8.04. The molecule has 0 fully saturated rings. The molecule has 15 heavy (non-hydrogen) atoms. The SMILES string of the molecule is C=C[C@H](C)[C@H](CC(=O)C(F)(F)F)C(=O)O. The second-order valence-corrected chi connectivity index (χ2v) is 3.16. The van der Waals surface area contributed by atoms with Gasteiger partial charge in [-0.1, -0.05) is 13.0 Å². The van der Waals surface area contributed by atoms with Crippen LogP contribution in [0.3, 0.4) is 0 Å². The molecule has 0 aromatic heterocycles. The number of halogens is 3. The van der Waals surface area contributed by atoms with Crippen LogP contribution in [0.2, 0.25) is 0 Å². The van der Waals surface area contributed by atoms with Crippen LogP contribution < -0.4 is 0 Å². The van der Waals surface area contributed by atoms with Gasteiger partial charge in [0.2, 0.25) is 5.78 Å². The number of alkyl halides is 3. The van der Waals surface area contributed by atoms with Gasteiger partial charge in [0.05, 0.1) is 5.92 Å². The molecule has 86 valence electrons. The molecule has 0 saturated carbocycles. The summed E-state index contributed by atoms with van der Waals surface area (Å²) in [4.78, 5) is 21.2. The molecular weight excluding hydrogens is 213 g/mol. The minimum absolute atomic E-state index is 0.686. The number of carbonyl (C=O) groups excluding carboxylic acids is 1. The monoisotopic (exact) mass is 224 g/mol. The molecule has 0 aromatic carbocycles. The maximum Gasteiger partial charge on any atom is 0.449 e. The van der Waals surface area contributed by atoms with Crippen molar-refractivity contribution >= 4 is 11.8 Å². The maximum absolute atomic E-state index is 11.9. The predicted octanol–water partition coefficient (Wildman–Crippen LogP) is 2.03. The van der Waals surface area contributed by atoms with Gasteiger partial charge in [-0.05, 0) is 5.92 Å². The van der Waals surface area contributed by atoms with Crippen molar-refractivity contribution in [2.24, 2.45) is 11.8 Å². The van der Waals surface area contributed by atoms with Crippen molar-refractivity contribution in [1.82, 2.24) is 0 Å². The molecule has 0 aliphatic heterocycles. The standard InChI is InChI=1S/C9H11F3O3/c1-3-5(2)6(8(14)15)4-7(13)9(10,11)12/h3,5-6H,1,4H2,2H3,(H,14,15)/t5-,6-/m0/s1. The van der Waals surface area contributed by atoms with E-state index in [0.29, 0.717) is 0 Å². The Labute approximate surface area is 84.6 Å². The number of ketones is 1. The molecule has 0 rings (SSSR count). The normalized spacial score (nSPS) is 15.5. The third-order valence-electron chi connectivity index (χ3n) is 2.05. The Morgan fingerprint density at radius 1 is 1.47 bits per heavy atom. The van der Waals surface area contributed by atoms with E-state index in [9.17, 15) is 22.8 Å². The van der Waals surface area contributed by atoms with Gasteiger partial charge in [0.25, 0.3) is 0 Å². The first kappa shape index (κ1) is 13.7. The number of carboxylic acids is 1. The Morgan fingerprint density at radius 3 is 2.20 bits per heavy atom. The van der Waals surface area contributed by atoms with E-state index in [1.165, 1.54) is 13.0 Å². The molecule has 0 bridgehead atoms. The number of hydrogen-bond donors (Lipinski definition) is 1. The summed E-state index contributed by atoms with van der Waals surface area (Å²) in [6.07, 6.45) is -4.82. The number of rotatable bonds is 5. The van der Waals surface area contributed by atoms with Gasteiger partial charge in [0.1, 0.15) is 0 Å². The predicted molar refractivity (Wildman–Crippen MR) is 46.2 cm³/mol. The van der Waals surface area contributed by atoms with E-state index in [1.54, 1.807) is 0 Å². The zero-order chi connectivity index (χ0) is 12.2. The molecule has 0 spiro atoms. The summed E-state index contributed by atoms with van der Waals surface area (Å²) < 4.78 is 35.6. The van der Waals surface area contributed by atoms with Crippen LogP contribution in [0.15, 0.2) is 12.7 Å². The number of hydrogen-bond acceptors (Lipinski definition) is 2. The minimum Gasteiger partial charge on any atom is -0.481 e. The van der Waals surface area contributed by atoms with Crippen molar-refractivity contribution in [3.8, 4) is 0 Å². The Balaban J connectivity index is 4.64. The topological polar surface area (TPSA) is 54.4 Å². The summed E-state index contributed by atoms with van der Waals surface area (Å²) in [6.45, 7) is 4.68. The highest BCUT2D eigenvalue weighted by atomic mass is 19.4. The van der Waals surface area contributed by atoms with Gasteiger partial charge < -0.3 is 5.11 Å². The second-order valence-electron chi connectivity index (χ2n) is 3.16. The highest BCUT2D eigenvalue weighted by Gasteiger charge is 2.41. The smallest absolute Gasteiger partial charge is 0.449 e. The van der Waals surface area contributed by atoms with Crippen molar-refractivity contribution in [3.05, 3.63) is 12.7 Å². The van der Waals surface area contributed by atoms with Gasteiger partial charge in [-0.3, -0.25) is 9.59 Å². The summed E-state index contributed by atoms with van der Waals surface area (Å²) >= 11 is 0. The van der Waals surface area contributed by atoms with Gasteiger partial charge in [-0.2, -0.15) is 13.2 Å². The molecule has 0 unspecified atom stereocenters. The fourth-order valence-electron chi connectivity index (χ4n) is 0.978. The molecule has 1 N–H and O–H groups in total. The van der Waals surface area contributed by atoms with Crippen molar-refractivity contribution in [2.45, 2.75) is 19.5 Å². The first-order valence-corrected chi connectivity index (χ1v) is 4.15. The molecular formula is C9H11F3O3. The number of aliphatic carboxylic acids is 1. The lowest BCUT2D eigenvalue weighted by Crippen LogP contribution is -2.30. The molecule has 3 nitrogen and oxygen atoms in total. The fraction of sp³-hybridized carbons (Fsp3) is 0.556. The Kier molecular flexibility index (Phi) is 4.51. The summed E-state index contributed by atoms with van der Waals surface area (Å²) in [6, 6.07) is 0. The number of carbonyl (C=O) groups is 2. The Hall–Kier alpha value is -1.33. The van der Waals surface area contributed by atoms with E-state index in [4.69, 9.17) is 5.11 Å². The molecule has 0 aliphatic rings. The number of allylic oxidation sites excluding steroid dienone is 1. The van der Waals surface area contributed by atoms with Gasteiger partial charge in [0.15, 0.2) is 0 Å². The van der Waals surface area contributed by atoms with Crippen LogP contribution in [0, 0.1) is 11.8 Å². The molecule has 2 atom stereocenters. The molecule has 0 amide bonds. The van der Waals surface area contributed by atoms with Crippen LogP contribution in [0.1, 0.15) is 13.3 Å². The lowest BCUT2D eigenvalue weighted by atomic mass is 9.89. The highest BCUT2D eigenvalue weighted by molar-refractivity contribution is 5.88. The average Bonchev–Trinajstić information content (AvgIpc) is 2.10. The molecule has 0 aromatic rings. The summed E-state index contributed by atoms with van der Waals surface area (Å²) in [7, 11) is 0. The summed E-state index contributed by atoms with van der Waals surface area (Å²) in [5.74, 6) is -5.52. The second kappa shape index (κ2) is 4.95. The van der Waals surface area contributed by atoms with E-state index in [1.807, 2.05) is 0 Å².